The monoisotopic (exact) mass is 1660 g/mol. The molecule has 1 saturated heterocycles. The molecule has 1 aliphatic heterocycles. The van der Waals surface area contributed by atoms with Gasteiger partial charge < -0.3 is 93.0 Å². The van der Waals surface area contributed by atoms with Crippen LogP contribution in [0.15, 0.2) is 35.4 Å². The fourth-order valence-electron chi connectivity index (χ4n) is 11.5. The number of benzene rings is 1. The maximum Gasteiger partial charge on any atom is 0.326 e. The largest absolute Gasteiger partial charge is 0.481 e. The SMILES string of the molecule is CC(C)(C)S(F)(c1ccc(C(=O)NCC(C(=O)NC(CCCCNC(=O)CCC(=O)NCCCC(NC(=O)CC[C@H](NC(=O)N[C@@H](CCC(=O)O)C(=O)O)C(=O)O)C(=O)O)C(=O)O)n2cc(CNC(=O)CCP(=O)(O)CN3CCN(CP(=O)(O)CCC(=O)O)CCN(CP(=O)(O)CCC(=O)O)CC3)nn2)cc1)C(C)(C)C. The molecule has 2 heterocycles. The van der Waals surface area contributed by atoms with Gasteiger partial charge in [0.05, 0.1) is 44.4 Å². The summed E-state index contributed by atoms with van der Waals surface area (Å²) >= 11 is 0. The summed E-state index contributed by atoms with van der Waals surface area (Å²) in [6.07, 6.45) is -6.62. The van der Waals surface area contributed by atoms with Gasteiger partial charge in [0, 0.05) is 129 Å². The van der Waals surface area contributed by atoms with E-state index < -0.39 is 244 Å². The molecule has 2 aromatic rings. The molecule has 41 nitrogen and oxygen atoms in total. The number of amides is 8. The van der Waals surface area contributed by atoms with Gasteiger partial charge in [0.1, 0.15) is 35.9 Å². The quantitative estimate of drug-likeness (QED) is 0.0329. The molecular weight excluding hydrogens is 1550 g/mol. The molecule has 0 aliphatic carbocycles. The minimum atomic E-state index is -4.22. The fraction of sp³-hybridized carbons (Fsp3) is 0.662. The zero-order valence-corrected chi connectivity index (χ0v) is 66.2. The smallest absolute Gasteiger partial charge is 0.326 e. The summed E-state index contributed by atoms with van der Waals surface area (Å²) < 4.78 is 56.4. The van der Waals surface area contributed by atoms with Crippen LogP contribution in [0.25, 0.3) is 0 Å². The molecule has 0 radical (unpaired) electrons. The molecule has 8 atom stereocenters. The number of halogens is 1. The molecule has 1 fully saturated rings. The Morgan fingerprint density at radius 1 is 0.477 bits per heavy atom. The number of nitrogens with one attached hydrogen (secondary N) is 8. The van der Waals surface area contributed by atoms with E-state index in [1.165, 1.54) is 45.2 Å². The van der Waals surface area contributed by atoms with E-state index in [0.29, 0.717) is 4.90 Å². The summed E-state index contributed by atoms with van der Waals surface area (Å²) in [5.74, 6) is -14.6. The number of aromatic nitrogens is 3. The molecule has 1 aromatic heterocycles. The second-order valence-electron chi connectivity index (χ2n) is 28.6. The highest BCUT2D eigenvalue weighted by atomic mass is 32.3. The molecule has 0 spiro atoms. The number of carbonyl (C=O) groups is 14. The van der Waals surface area contributed by atoms with Gasteiger partial charge in [0.15, 0.2) is 0 Å². The lowest BCUT2D eigenvalue weighted by molar-refractivity contribution is -0.143. The molecule has 111 heavy (non-hydrogen) atoms. The molecule has 8 amide bonds. The third-order valence-electron chi connectivity index (χ3n) is 17.3. The second-order valence-corrected chi connectivity index (χ2v) is 39.8. The van der Waals surface area contributed by atoms with Gasteiger partial charge in [-0.1, -0.05) is 15.6 Å². The molecule has 18 N–H and O–H groups in total. The first-order chi connectivity index (χ1) is 51.5. The number of rotatable bonds is 49. The van der Waals surface area contributed by atoms with E-state index >= 15 is 3.89 Å². The number of hydrogen-bond acceptors (Lipinski definition) is 22. The van der Waals surface area contributed by atoms with Crippen molar-refractivity contribution in [2.45, 2.75) is 183 Å². The van der Waals surface area contributed by atoms with Crippen LogP contribution in [0.4, 0.5) is 8.68 Å². The first-order valence-electron chi connectivity index (χ1n) is 35.5. The molecule has 6 unspecified atom stereocenters. The van der Waals surface area contributed by atoms with Crippen molar-refractivity contribution in [1.29, 1.82) is 0 Å². The third kappa shape index (κ3) is 36.2. The summed E-state index contributed by atoms with van der Waals surface area (Å²) in [6.45, 7) is 9.98. The van der Waals surface area contributed by atoms with Crippen LogP contribution in [-0.4, -0.2) is 293 Å². The Morgan fingerprint density at radius 3 is 1.31 bits per heavy atom. The van der Waals surface area contributed by atoms with Gasteiger partial charge in [0.25, 0.3) is 5.91 Å². The fourth-order valence-corrected chi connectivity index (χ4v) is 20.1. The van der Waals surface area contributed by atoms with Crippen LogP contribution in [0.1, 0.15) is 154 Å². The van der Waals surface area contributed by atoms with E-state index in [1.807, 2.05) is 10.6 Å². The summed E-state index contributed by atoms with van der Waals surface area (Å²) in [5.41, 5.74) is 0.100. The highest BCUT2D eigenvalue weighted by Crippen LogP contribution is 2.74. The van der Waals surface area contributed by atoms with Crippen LogP contribution in [0.2, 0.25) is 0 Å². The van der Waals surface area contributed by atoms with Crippen molar-refractivity contribution in [2.75, 3.05) is 96.2 Å². The van der Waals surface area contributed by atoms with Gasteiger partial charge in [-0.2, -0.15) is 3.89 Å². The van der Waals surface area contributed by atoms with E-state index in [1.54, 1.807) is 41.5 Å². The van der Waals surface area contributed by atoms with E-state index in [2.05, 4.69) is 42.2 Å². The maximum absolute atomic E-state index is 17.1. The molecule has 0 saturated carbocycles. The van der Waals surface area contributed by atoms with Gasteiger partial charge in [-0.3, -0.25) is 71.5 Å². The minimum absolute atomic E-state index is 0.000979. The highest BCUT2D eigenvalue weighted by molar-refractivity contribution is 8.31. The Bertz CT molecular complexity index is 3670. The van der Waals surface area contributed by atoms with Crippen molar-refractivity contribution in [3.8, 4) is 0 Å². The molecule has 1 aromatic carbocycles. The number of nitrogens with zero attached hydrogens (tertiary/aromatic N) is 6. The van der Waals surface area contributed by atoms with Crippen LogP contribution in [0, 0.1) is 0 Å². The highest BCUT2D eigenvalue weighted by Gasteiger charge is 2.48. The summed E-state index contributed by atoms with van der Waals surface area (Å²) in [6, 6.07) is -3.42. The van der Waals surface area contributed by atoms with Gasteiger partial charge in [-0.05, 0) is 111 Å². The Labute approximate surface area is 641 Å². The third-order valence-corrected chi connectivity index (χ3v) is 26.9. The van der Waals surface area contributed by atoms with Crippen LogP contribution in [-0.2, 0) is 77.8 Å². The molecule has 626 valence electrons. The Morgan fingerprint density at radius 2 is 0.874 bits per heavy atom. The Hall–Kier alpha value is -8.53. The van der Waals surface area contributed by atoms with Crippen molar-refractivity contribution < 1.29 is 135 Å². The van der Waals surface area contributed by atoms with Crippen LogP contribution < -0.4 is 42.5 Å². The summed E-state index contributed by atoms with van der Waals surface area (Å²) in [7, 11) is -15.3. The van der Waals surface area contributed by atoms with Crippen molar-refractivity contribution in [3.05, 3.63) is 41.7 Å². The summed E-state index contributed by atoms with van der Waals surface area (Å²) in [4.78, 5) is 210. The van der Waals surface area contributed by atoms with Crippen LogP contribution in [0.5, 0.6) is 0 Å². The zero-order chi connectivity index (χ0) is 83.8. The average molecular weight is 1660 g/mol. The van der Waals surface area contributed by atoms with Gasteiger partial charge in [-0.25, -0.2) is 28.7 Å². The van der Waals surface area contributed by atoms with E-state index in [4.69, 9.17) is 15.3 Å². The number of carbonyl (C=O) groups excluding carboxylic acids is 7. The molecule has 1 aliphatic rings. The molecule has 0 bridgehead atoms. The minimum Gasteiger partial charge on any atom is -0.481 e. The first-order valence-corrected chi connectivity index (χ1v) is 43.1. The Kier molecular flexibility index (Phi) is 39.4. The van der Waals surface area contributed by atoms with Gasteiger partial charge >= 0.3 is 47.8 Å². The lowest BCUT2D eigenvalue weighted by atomic mass is 10.1. The van der Waals surface area contributed by atoms with Gasteiger partial charge in [-0.15, -0.1) is 5.10 Å². The number of unbranched alkanes of at least 4 members (excludes halogenated alkanes) is 1. The lowest BCUT2D eigenvalue weighted by Gasteiger charge is -2.52. The maximum atomic E-state index is 17.1. The average Bonchev–Trinajstić information content (AvgIpc) is 0.933. The van der Waals surface area contributed by atoms with E-state index in [0.717, 1.165) is 4.68 Å². The number of urea groups is 1. The first kappa shape index (κ1) is 96.7. The van der Waals surface area contributed by atoms with Crippen molar-refractivity contribution >= 4 is 116 Å². The predicted molar refractivity (Wildman–Crippen MR) is 397 cm³/mol. The second kappa shape index (κ2) is 45.2. The standard InChI is InChI=1S/C65H106FN14O27P3S/c1-64(2,3)111(66,65(4,5)6)44-14-12-42(13-15-44)57(91)70-37-49(80-38-43(75-76-80)36-69-52(83)22-33-108(102,103)39-77-27-29-78(40-109(104,105)34-23-55(87)88)31-32-79(30-28-77)41-110(106,107)35-24-56(89)90)58(92)72-46(60(95)96)10-7-8-25-67-50(81)19-20-51(82)68-26-9-11-45(59(93)94)71-53(84)18-16-47(61(97)98)73-63(101)74-48(62(99)100)17-21-54(85)86/h12-15,38,45-49H,7-11,16-37,39-41H2,1-6H3,(H,67,81)(H,68,82)(H,69,83)(H,70,91)(H,71,84)(H,72,92)(H,85,86)(H,87,88)(H,89,90)(H,93,94)(H,95,96)(H,97,98)(H,99,100)(H,102,103)(H,104,105)(H,106,107)(H2,73,74,101)/t45?,46?,47-,48-,49?/m0/s1. The number of hydrogen-bond donors (Lipinski definition) is 18. The van der Waals surface area contributed by atoms with Gasteiger partial charge in [0.2, 0.25) is 51.6 Å². The Balaban J connectivity index is 1.64. The summed E-state index contributed by atoms with van der Waals surface area (Å²) in [5, 5.41) is 92.6. The normalized spacial score (nSPS) is 16.5. The number of aliphatic carboxylic acids is 7. The van der Waals surface area contributed by atoms with Crippen LogP contribution >= 0.6 is 32.5 Å². The van der Waals surface area contributed by atoms with Crippen LogP contribution in [0.3, 0.4) is 0 Å². The topological polar surface area (TPSA) is 629 Å². The van der Waals surface area contributed by atoms with E-state index in [9.17, 15) is 116 Å². The lowest BCUT2D eigenvalue weighted by Crippen LogP contribution is -2.51. The predicted octanol–water partition coefficient (Wildman–Crippen LogP) is 1.41. The zero-order valence-electron chi connectivity index (χ0n) is 62.7. The van der Waals surface area contributed by atoms with Crippen molar-refractivity contribution in [3.63, 3.8) is 0 Å². The van der Waals surface area contributed by atoms with Crippen molar-refractivity contribution in [2.24, 2.45) is 0 Å². The van der Waals surface area contributed by atoms with E-state index in [-0.39, 0.29) is 115 Å². The molecule has 46 heteroatoms. The number of carboxylic acids is 7. The molecular formula is C65H106FN14O27P3S. The number of carboxylic acid groups (broad SMARTS) is 7. The molecule has 3 rings (SSSR count). The van der Waals surface area contributed by atoms with Crippen molar-refractivity contribution in [1.82, 2.24) is 72.2 Å².